The first kappa shape index (κ1) is 12.3. The maximum Gasteiger partial charge on any atom is 0.277 e. The lowest BCUT2D eigenvalue weighted by atomic mass is 10.1. The van der Waals surface area contributed by atoms with Gasteiger partial charge in [-0.3, -0.25) is 9.63 Å². The van der Waals surface area contributed by atoms with Crippen LogP contribution in [0.4, 0.5) is 0 Å². The second kappa shape index (κ2) is 5.01. The molecule has 0 fully saturated rings. The van der Waals surface area contributed by atoms with Crippen LogP contribution in [0.1, 0.15) is 16.1 Å². The summed E-state index contributed by atoms with van der Waals surface area (Å²) in [5.74, 6) is 0.560. The molecule has 5 heteroatoms. The Labute approximate surface area is 105 Å². The largest absolute Gasteiger partial charge is 0.361 e. The number of carbonyl (C=O) groups excluding carboxylic acids is 1. The lowest BCUT2D eigenvalue weighted by Crippen LogP contribution is -2.25. The number of nitrogens with zero attached hydrogens (tertiary/aromatic N) is 2. The number of rotatable bonds is 3. The molecular formula is C13H14N2O3. The minimum atomic E-state index is -0.194. The van der Waals surface area contributed by atoms with Crippen molar-refractivity contribution in [1.29, 1.82) is 0 Å². The predicted molar refractivity (Wildman–Crippen MR) is 65.8 cm³/mol. The first-order valence-electron chi connectivity index (χ1n) is 5.47. The Bertz CT molecular complexity index is 546. The van der Waals surface area contributed by atoms with Gasteiger partial charge in [-0.2, -0.15) is 0 Å². The lowest BCUT2D eigenvalue weighted by Gasteiger charge is -2.13. The fraction of sp³-hybridized carbons (Fsp3) is 0.231. The maximum absolute atomic E-state index is 11.8. The summed E-state index contributed by atoms with van der Waals surface area (Å²) in [6, 6.07) is 8.97. The molecule has 1 aromatic heterocycles. The summed E-state index contributed by atoms with van der Waals surface area (Å²) in [7, 11) is 3.02. The third-order valence-electron chi connectivity index (χ3n) is 2.62. The van der Waals surface area contributed by atoms with Crippen molar-refractivity contribution in [2.75, 3.05) is 14.2 Å². The van der Waals surface area contributed by atoms with Crippen LogP contribution < -0.4 is 0 Å². The number of hydrogen-bond donors (Lipinski definition) is 0. The molecule has 0 bridgehead atoms. The molecular weight excluding hydrogens is 232 g/mol. The van der Waals surface area contributed by atoms with Crippen molar-refractivity contribution in [2.45, 2.75) is 6.92 Å². The zero-order valence-electron chi connectivity index (χ0n) is 10.5. The molecule has 2 rings (SSSR count). The highest BCUT2D eigenvalue weighted by Gasteiger charge is 2.11. The molecule has 1 amide bonds. The second-order valence-electron chi connectivity index (χ2n) is 3.89. The van der Waals surface area contributed by atoms with Gasteiger partial charge in [0.05, 0.1) is 7.11 Å². The Morgan fingerprint density at radius 3 is 2.50 bits per heavy atom. The number of carbonyl (C=O) groups is 1. The van der Waals surface area contributed by atoms with Gasteiger partial charge in [-0.15, -0.1) is 0 Å². The number of benzene rings is 1. The number of aryl methyl sites for hydroxylation is 1. The van der Waals surface area contributed by atoms with Crippen LogP contribution in [0, 0.1) is 6.92 Å². The molecule has 0 aliphatic carbocycles. The van der Waals surface area contributed by atoms with Crippen LogP contribution in [0.3, 0.4) is 0 Å². The molecule has 5 nitrogen and oxygen atoms in total. The van der Waals surface area contributed by atoms with Crippen molar-refractivity contribution in [1.82, 2.24) is 10.2 Å². The minimum Gasteiger partial charge on any atom is -0.361 e. The van der Waals surface area contributed by atoms with Gasteiger partial charge in [0.15, 0.2) is 0 Å². The van der Waals surface area contributed by atoms with Crippen LogP contribution in [0.25, 0.3) is 11.3 Å². The van der Waals surface area contributed by atoms with Crippen LogP contribution in [0.15, 0.2) is 34.9 Å². The maximum atomic E-state index is 11.8. The molecule has 0 N–H and O–H groups in total. The highest BCUT2D eigenvalue weighted by Crippen LogP contribution is 2.19. The molecule has 18 heavy (non-hydrogen) atoms. The lowest BCUT2D eigenvalue weighted by molar-refractivity contribution is -0.0756. The Balaban J connectivity index is 2.23. The van der Waals surface area contributed by atoms with E-state index in [-0.39, 0.29) is 5.91 Å². The van der Waals surface area contributed by atoms with Gasteiger partial charge in [0.2, 0.25) is 0 Å². The zero-order valence-corrected chi connectivity index (χ0v) is 10.5. The average molecular weight is 246 g/mol. The first-order valence-corrected chi connectivity index (χ1v) is 5.47. The van der Waals surface area contributed by atoms with Crippen LogP contribution in [-0.4, -0.2) is 30.3 Å². The van der Waals surface area contributed by atoms with E-state index in [2.05, 4.69) is 5.16 Å². The molecule has 0 saturated carbocycles. The molecule has 0 spiro atoms. The smallest absolute Gasteiger partial charge is 0.277 e. The minimum absolute atomic E-state index is 0.194. The SMILES string of the molecule is CON(C)C(=O)c1ccc(-c2cc(C)on2)cc1. The summed E-state index contributed by atoms with van der Waals surface area (Å²) in [6.45, 7) is 1.84. The van der Waals surface area contributed by atoms with Crippen molar-refractivity contribution >= 4 is 5.91 Å². The standard InChI is InChI=1S/C13H14N2O3/c1-9-8-12(14-18-9)10-4-6-11(7-5-10)13(16)15(2)17-3/h4-8H,1-3H3. The van der Waals surface area contributed by atoms with E-state index in [1.54, 1.807) is 19.2 Å². The van der Waals surface area contributed by atoms with Gasteiger partial charge >= 0.3 is 0 Å². The zero-order chi connectivity index (χ0) is 13.1. The Morgan fingerprint density at radius 1 is 1.33 bits per heavy atom. The van der Waals surface area contributed by atoms with Crippen molar-refractivity contribution in [2.24, 2.45) is 0 Å². The first-order chi connectivity index (χ1) is 8.61. The molecule has 0 unspecified atom stereocenters. The second-order valence-corrected chi connectivity index (χ2v) is 3.89. The van der Waals surface area contributed by atoms with Gasteiger partial charge < -0.3 is 4.52 Å². The molecule has 1 aromatic carbocycles. The molecule has 94 valence electrons. The summed E-state index contributed by atoms with van der Waals surface area (Å²) in [4.78, 5) is 16.6. The van der Waals surface area contributed by atoms with E-state index < -0.39 is 0 Å². The van der Waals surface area contributed by atoms with Gasteiger partial charge in [-0.25, -0.2) is 5.06 Å². The normalized spacial score (nSPS) is 10.4. The van der Waals surface area contributed by atoms with E-state index in [0.717, 1.165) is 17.0 Å². The van der Waals surface area contributed by atoms with Crippen LogP contribution in [0.2, 0.25) is 0 Å². The topological polar surface area (TPSA) is 55.6 Å². The highest BCUT2D eigenvalue weighted by atomic mass is 16.7. The van der Waals surface area contributed by atoms with Crippen LogP contribution >= 0.6 is 0 Å². The van der Waals surface area contributed by atoms with E-state index in [4.69, 9.17) is 9.36 Å². The summed E-state index contributed by atoms with van der Waals surface area (Å²) in [5.41, 5.74) is 2.22. The Hall–Kier alpha value is -2.14. The summed E-state index contributed by atoms with van der Waals surface area (Å²) < 4.78 is 5.01. The van der Waals surface area contributed by atoms with Gasteiger partial charge in [0.1, 0.15) is 11.5 Å². The van der Waals surface area contributed by atoms with Crippen molar-refractivity contribution < 1.29 is 14.2 Å². The molecule has 0 aliphatic rings. The van der Waals surface area contributed by atoms with Crippen LogP contribution in [-0.2, 0) is 4.84 Å². The van der Waals surface area contributed by atoms with Crippen molar-refractivity contribution in [3.8, 4) is 11.3 Å². The molecule has 1 heterocycles. The Morgan fingerprint density at radius 2 is 2.00 bits per heavy atom. The van der Waals surface area contributed by atoms with Gasteiger partial charge in [-0.1, -0.05) is 17.3 Å². The molecule has 0 atom stereocenters. The molecule has 0 radical (unpaired) electrons. The fourth-order valence-corrected chi connectivity index (χ4v) is 1.55. The quantitative estimate of drug-likeness (QED) is 0.780. The predicted octanol–water partition coefficient (Wildman–Crippen LogP) is 2.28. The van der Waals surface area contributed by atoms with E-state index >= 15 is 0 Å². The van der Waals surface area contributed by atoms with Gasteiger partial charge in [0.25, 0.3) is 5.91 Å². The molecule has 2 aromatic rings. The van der Waals surface area contributed by atoms with Crippen molar-refractivity contribution in [3.05, 3.63) is 41.7 Å². The van der Waals surface area contributed by atoms with E-state index in [9.17, 15) is 4.79 Å². The van der Waals surface area contributed by atoms with Crippen LogP contribution in [0.5, 0.6) is 0 Å². The summed E-state index contributed by atoms with van der Waals surface area (Å²) in [5, 5.41) is 5.09. The number of aromatic nitrogens is 1. The number of hydroxylamine groups is 2. The highest BCUT2D eigenvalue weighted by molar-refractivity contribution is 5.93. The fourth-order valence-electron chi connectivity index (χ4n) is 1.55. The monoisotopic (exact) mass is 246 g/mol. The van der Waals surface area contributed by atoms with E-state index in [1.165, 1.54) is 12.2 Å². The molecule has 0 aliphatic heterocycles. The summed E-state index contributed by atoms with van der Waals surface area (Å²) >= 11 is 0. The average Bonchev–Trinajstić information content (AvgIpc) is 2.84. The third-order valence-corrected chi connectivity index (χ3v) is 2.62. The number of hydrogen-bond acceptors (Lipinski definition) is 4. The molecule has 0 saturated heterocycles. The Kier molecular flexibility index (Phi) is 3.43. The third kappa shape index (κ3) is 2.41. The van der Waals surface area contributed by atoms with E-state index in [0.29, 0.717) is 5.56 Å². The number of amides is 1. The summed E-state index contributed by atoms with van der Waals surface area (Å²) in [6.07, 6.45) is 0. The van der Waals surface area contributed by atoms with E-state index in [1.807, 2.05) is 25.1 Å². The van der Waals surface area contributed by atoms with Crippen molar-refractivity contribution in [3.63, 3.8) is 0 Å². The van der Waals surface area contributed by atoms with Gasteiger partial charge in [-0.05, 0) is 19.1 Å². The van der Waals surface area contributed by atoms with Gasteiger partial charge in [0, 0.05) is 24.2 Å².